The van der Waals surface area contributed by atoms with Crippen LogP contribution in [-0.4, -0.2) is 35.4 Å². The third-order valence-electron chi connectivity index (χ3n) is 3.48. The average molecular weight is 278 g/mol. The van der Waals surface area contributed by atoms with Crippen LogP contribution in [0.3, 0.4) is 0 Å². The molecule has 0 fully saturated rings. The first kappa shape index (κ1) is 14.6. The second-order valence-corrected chi connectivity index (χ2v) is 4.88. The van der Waals surface area contributed by atoms with Crippen molar-refractivity contribution < 1.29 is 9.15 Å². The Balaban J connectivity index is 2.27. The van der Waals surface area contributed by atoms with E-state index in [1.54, 1.807) is 18.1 Å². The Labute approximate surface area is 119 Å². The smallest absolute Gasteiger partial charge is 0.216 e. The van der Waals surface area contributed by atoms with E-state index >= 15 is 0 Å². The van der Waals surface area contributed by atoms with Gasteiger partial charge in [0.25, 0.3) is 0 Å². The fourth-order valence-electron chi connectivity index (χ4n) is 2.56. The third-order valence-corrected chi connectivity index (χ3v) is 3.48. The third kappa shape index (κ3) is 2.71. The van der Waals surface area contributed by atoms with Crippen molar-refractivity contribution in [1.82, 2.24) is 14.7 Å². The molecule has 6 nitrogen and oxygen atoms in total. The first-order chi connectivity index (χ1) is 9.58. The zero-order valence-corrected chi connectivity index (χ0v) is 12.5. The first-order valence-electron chi connectivity index (χ1n) is 6.58. The SMILES string of the molecule is COc1c(C(CN)N(C)Cc2ccco2)c(C)nn1C. The monoisotopic (exact) mass is 278 g/mol. The lowest BCUT2D eigenvalue weighted by Crippen LogP contribution is -2.30. The van der Waals surface area contributed by atoms with E-state index in [0.29, 0.717) is 13.1 Å². The van der Waals surface area contributed by atoms with Crippen LogP contribution in [0.25, 0.3) is 0 Å². The summed E-state index contributed by atoms with van der Waals surface area (Å²) in [6, 6.07) is 3.87. The van der Waals surface area contributed by atoms with Gasteiger partial charge in [0.1, 0.15) is 5.76 Å². The Morgan fingerprint density at radius 2 is 2.30 bits per heavy atom. The molecule has 0 spiro atoms. The summed E-state index contributed by atoms with van der Waals surface area (Å²) < 4.78 is 12.6. The summed E-state index contributed by atoms with van der Waals surface area (Å²) in [7, 11) is 5.54. The highest BCUT2D eigenvalue weighted by Crippen LogP contribution is 2.31. The lowest BCUT2D eigenvalue weighted by molar-refractivity contribution is 0.217. The fraction of sp³-hybridized carbons (Fsp3) is 0.500. The van der Waals surface area contributed by atoms with Crippen molar-refractivity contribution in [1.29, 1.82) is 0 Å². The summed E-state index contributed by atoms with van der Waals surface area (Å²) in [4.78, 5) is 2.14. The van der Waals surface area contributed by atoms with Gasteiger partial charge in [-0.2, -0.15) is 5.10 Å². The van der Waals surface area contributed by atoms with Gasteiger partial charge in [-0.15, -0.1) is 0 Å². The molecule has 1 unspecified atom stereocenters. The summed E-state index contributed by atoms with van der Waals surface area (Å²) in [6.45, 7) is 3.15. The lowest BCUT2D eigenvalue weighted by atomic mass is 10.1. The van der Waals surface area contributed by atoms with Crippen molar-refractivity contribution >= 4 is 0 Å². The van der Waals surface area contributed by atoms with Gasteiger partial charge in [0.15, 0.2) is 0 Å². The van der Waals surface area contributed by atoms with E-state index in [4.69, 9.17) is 14.9 Å². The van der Waals surface area contributed by atoms with Gasteiger partial charge in [-0.3, -0.25) is 4.90 Å². The fourth-order valence-corrected chi connectivity index (χ4v) is 2.56. The molecule has 0 aliphatic rings. The number of hydrogen-bond donors (Lipinski definition) is 1. The molecule has 0 radical (unpaired) electrons. The number of ether oxygens (including phenoxy) is 1. The molecule has 2 N–H and O–H groups in total. The molecule has 0 saturated heterocycles. The number of furan rings is 1. The van der Waals surface area contributed by atoms with E-state index in [0.717, 1.165) is 22.9 Å². The predicted molar refractivity (Wildman–Crippen MR) is 76.5 cm³/mol. The highest BCUT2D eigenvalue weighted by molar-refractivity contribution is 5.34. The Bertz CT molecular complexity index is 548. The number of hydrogen-bond acceptors (Lipinski definition) is 5. The number of aryl methyl sites for hydroxylation is 2. The molecular formula is C14H22N4O2. The maximum atomic E-state index is 5.97. The minimum absolute atomic E-state index is 0.0312. The van der Waals surface area contributed by atoms with Crippen LogP contribution in [0.4, 0.5) is 0 Å². The summed E-state index contributed by atoms with van der Waals surface area (Å²) in [5.74, 6) is 1.66. The zero-order chi connectivity index (χ0) is 14.7. The van der Waals surface area contributed by atoms with Crippen molar-refractivity contribution in [3.63, 3.8) is 0 Å². The normalized spacial score (nSPS) is 12.9. The molecular weight excluding hydrogens is 256 g/mol. The van der Waals surface area contributed by atoms with Crippen LogP contribution in [0.1, 0.15) is 23.1 Å². The molecule has 6 heteroatoms. The molecule has 2 aromatic rings. The first-order valence-corrected chi connectivity index (χ1v) is 6.58. The molecule has 20 heavy (non-hydrogen) atoms. The number of methoxy groups -OCH3 is 1. The minimum Gasteiger partial charge on any atom is -0.481 e. The number of likely N-dealkylation sites (N-methyl/N-ethyl adjacent to an activating group) is 1. The van der Waals surface area contributed by atoms with Crippen molar-refractivity contribution in [2.24, 2.45) is 12.8 Å². The molecule has 0 bridgehead atoms. The molecule has 110 valence electrons. The summed E-state index contributed by atoms with van der Waals surface area (Å²) >= 11 is 0. The van der Waals surface area contributed by atoms with Gasteiger partial charge in [0, 0.05) is 13.6 Å². The standard InChI is InChI=1S/C14H22N4O2/c1-10-13(14(19-4)18(3)16-10)12(8-15)17(2)9-11-6-5-7-20-11/h5-7,12H,8-9,15H2,1-4H3. The summed E-state index contributed by atoms with van der Waals surface area (Å²) in [5.41, 5.74) is 7.94. The lowest BCUT2D eigenvalue weighted by Gasteiger charge is -2.26. The van der Waals surface area contributed by atoms with E-state index in [1.165, 1.54) is 0 Å². The molecule has 2 rings (SSSR count). The number of aromatic nitrogens is 2. The molecule has 0 amide bonds. The van der Waals surface area contributed by atoms with Crippen molar-refractivity contribution in [3.05, 3.63) is 35.4 Å². The molecule has 0 saturated carbocycles. The highest BCUT2D eigenvalue weighted by atomic mass is 16.5. The highest BCUT2D eigenvalue weighted by Gasteiger charge is 2.26. The molecule has 0 aliphatic carbocycles. The Morgan fingerprint density at radius 1 is 1.55 bits per heavy atom. The van der Waals surface area contributed by atoms with Gasteiger partial charge in [-0.25, -0.2) is 4.68 Å². The maximum Gasteiger partial charge on any atom is 0.216 e. The predicted octanol–water partition coefficient (Wildman–Crippen LogP) is 1.46. The van der Waals surface area contributed by atoms with Crippen molar-refractivity contribution in [2.45, 2.75) is 19.5 Å². The van der Waals surface area contributed by atoms with E-state index in [9.17, 15) is 0 Å². The Kier molecular flexibility index (Phi) is 4.46. The van der Waals surface area contributed by atoms with E-state index in [-0.39, 0.29) is 6.04 Å². The van der Waals surface area contributed by atoms with Gasteiger partial charge in [0.05, 0.1) is 37.2 Å². The van der Waals surface area contributed by atoms with Crippen molar-refractivity contribution in [2.75, 3.05) is 20.7 Å². The van der Waals surface area contributed by atoms with Gasteiger partial charge in [0.2, 0.25) is 5.88 Å². The molecule has 2 aromatic heterocycles. The zero-order valence-electron chi connectivity index (χ0n) is 12.5. The van der Waals surface area contributed by atoms with Gasteiger partial charge in [-0.05, 0) is 26.1 Å². The van der Waals surface area contributed by atoms with Crippen LogP contribution in [0, 0.1) is 6.92 Å². The van der Waals surface area contributed by atoms with E-state index in [2.05, 4.69) is 10.00 Å². The molecule has 2 heterocycles. The van der Waals surface area contributed by atoms with E-state index in [1.807, 2.05) is 33.2 Å². The summed E-state index contributed by atoms with van der Waals surface area (Å²) in [6.07, 6.45) is 1.68. The van der Waals surface area contributed by atoms with Crippen molar-refractivity contribution in [3.8, 4) is 5.88 Å². The van der Waals surface area contributed by atoms with Crippen LogP contribution in [0.15, 0.2) is 22.8 Å². The number of rotatable bonds is 6. The van der Waals surface area contributed by atoms with Crippen LogP contribution in [-0.2, 0) is 13.6 Å². The maximum absolute atomic E-state index is 5.97. The van der Waals surface area contributed by atoms with Crippen LogP contribution < -0.4 is 10.5 Å². The quantitative estimate of drug-likeness (QED) is 0.866. The van der Waals surface area contributed by atoms with Gasteiger partial charge < -0.3 is 14.9 Å². The average Bonchev–Trinajstić information content (AvgIpc) is 2.99. The second kappa shape index (κ2) is 6.11. The van der Waals surface area contributed by atoms with Crippen LogP contribution in [0.2, 0.25) is 0 Å². The van der Waals surface area contributed by atoms with Crippen LogP contribution >= 0.6 is 0 Å². The Morgan fingerprint density at radius 3 is 2.85 bits per heavy atom. The molecule has 0 aliphatic heterocycles. The van der Waals surface area contributed by atoms with Gasteiger partial charge >= 0.3 is 0 Å². The van der Waals surface area contributed by atoms with Gasteiger partial charge in [-0.1, -0.05) is 0 Å². The largest absolute Gasteiger partial charge is 0.481 e. The molecule has 1 atom stereocenters. The minimum atomic E-state index is 0.0312. The van der Waals surface area contributed by atoms with Crippen LogP contribution in [0.5, 0.6) is 5.88 Å². The topological polar surface area (TPSA) is 69.5 Å². The van der Waals surface area contributed by atoms with E-state index < -0.39 is 0 Å². The summed E-state index contributed by atoms with van der Waals surface area (Å²) in [5, 5.41) is 4.42. The Hall–Kier alpha value is -1.79. The number of nitrogens with two attached hydrogens (primary N) is 1. The molecule has 0 aromatic carbocycles. The second-order valence-electron chi connectivity index (χ2n) is 4.88. The number of nitrogens with zero attached hydrogens (tertiary/aromatic N) is 3.